The zero-order chi connectivity index (χ0) is 31.9. The lowest BCUT2D eigenvalue weighted by molar-refractivity contribution is -0.137. The number of benzene rings is 1. The molecule has 2 fully saturated rings. The van der Waals surface area contributed by atoms with Gasteiger partial charge >= 0.3 is 12.2 Å². The Labute approximate surface area is 255 Å². The topological polar surface area (TPSA) is 101 Å². The van der Waals surface area contributed by atoms with Gasteiger partial charge in [-0.25, -0.2) is 13.8 Å². The number of alkyl halides is 4. The summed E-state index contributed by atoms with van der Waals surface area (Å²) >= 11 is 6.61. The van der Waals surface area contributed by atoms with Crippen molar-refractivity contribution in [1.82, 2.24) is 24.8 Å². The molecule has 3 aromatic rings. The number of anilines is 2. The molecule has 0 radical (unpaired) electrons. The number of piperazine rings is 1. The van der Waals surface area contributed by atoms with Crippen LogP contribution >= 0.6 is 11.6 Å². The van der Waals surface area contributed by atoms with Gasteiger partial charge in [-0.05, 0) is 57.1 Å². The number of nitrogens with two attached hydrogens (primary N) is 1. The van der Waals surface area contributed by atoms with Crippen molar-refractivity contribution in [2.45, 2.75) is 38.0 Å². The predicted octanol–water partition coefficient (Wildman–Crippen LogP) is 5.20. The maximum absolute atomic E-state index is 14.2. The molecule has 2 aliphatic heterocycles. The van der Waals surface area contributed by atoms with Crippen LogP contribution in [0, 0.1) is 6.92 Å². The van der Waals surface area contributed by atoms with Gasteiger partial charge in [0.25, 0.3) is 5.91 Å². The van der Waals surface area contributed by atoms with Gasteiger partial charge in [-0.1, -0.05) is 18.2 Å². The van der Waals surface area contributed by atoms with Crippen LogP contribution in [0.15, 0.2) is 30.6 Å². The first-order chi connectivity index (χ1) is 20.8. The molecule has 1 amide bonds. The fraction of sp³-hybridized carbons (Fsp3) is 0.448. The number of carbonyl (C=O) groups excluding carboxylic acids is 1. The summed E-state index contributed by atoms with van der Waals surface area (Å²) in [6, 6.07) is 2.99. The lowest BCUT2D eigenvalue weighted by Gasteiger charge is -2.40. The van der Waals surface area contributed by atoms with E-state index in [2.05, 4.69) is 26.4 Å². The van der Waals surface area contributed by atoms with Crippen LogP contribution in [-0.4, -0.2) is 89.3 Å². The van der Waals surface area contributed by atoms with Gasteiger partial charge in [0.15, 0.2) is 5.83 Å². The van der Waals surface area contributed by atoms with E-state index in [1.54, 1.807) is 4.90 Å². The molecule has 2 aromatic heterocycles. The SMILES string of the molecule is C=C(F)C(=O)N1CCN(c2nc(OCC3CCCN3C)nc3cc(-c4nc(N)cc(C)c4C(F)(F)F)c(Cl)cc23)CC1CF. The van der Waals surface area contributed by atoms with Gasteiger partial charge in [0.2, 0.25) is 0 Å². The number of nitrogens with zero attached hydrogens (tertiary/aromatic N) is 6. The minimum absolute atomic E-state index is 0.0296. The fourth-order valence-electron chi connectivity index (χ4n) is 5.81. The van der Waals surface area contributed by atoms with E-state index in [1.165, 1.54) is 19.1 Å². The number of ether oxygens (including phenoxy) is 1. The highest BCUT2D eigenvalue weighted by Gasteiger charge is 2.38. The number of hydrogen-bond acceptors (Lipinski definition) is 8. The van der Waals surface area contributed by atoms with E-state index in [4.69, 9.17) is 22.1 Å². The smallest absolute Gasteiger partial charge is 0.418 e. The standard InChI is InChI=1S/C29H31ClF5N7O2/c1-15-9-23(36)38-25(24(15)29(33,34)35)19-11-22-20(10-21(19)30)26(39-28(37-22)44-14-17-5-4-6-40(17)3)41-7-8-42(18(12-31)13-41)27(43)16(2)32/h9-11,17-18H,2,4-8,12-14H2,1,3H3,(H2,36,38). The van der Waals surface area contributed by atoms with E-state index >= 15 is 0 Å². The minimum Gasteiger partial charge on any atom is -0.462 e. The second-order valence-corrected chi connectivity index (χ2v) is 11.4. The van der Waals surface area contributed by atoms with Gasteiger partial charge in [-0.2, -0.15) is 23.1 Å². The third kappa shape index (κ3) is 6.23. The molecule has 2 aliphatic rings. The Morgan fingerprint density at radius 2 is 1.91 bits per heavy atom. The highest BCUT2D eigenvalue weighted by molar-refractivity contribution is 6.34. The van der Waals surface area contributed by atoms with Crippen LogP contribution in [0.5, 0.6) is 6.01 Å². The molecule has 0 bridgehead atoms. The number of likely N-dealkylation sites (tertiary alicyclic amines) is 1. The van der Waals surface area contributed by atoms with Crippen LogP contribution in [0.4, 0.5) is 33.6 Å². The summed E-state index contributed by atoms with van der Waals surface area (Å²) in [5.74, 6) is -2.03. The summed E-state index contributed by atoms with van der Waals surface area (Å²) in [5.41, 5.74) is 4.44. The third-order valence-electron chi connectivity index (χ3n) is 8.05. The Hall–Kier alpha value is -3.78. The van der Waals surface area contributed by atoms with Crippen LogP contribution in [0.1, 0.15) is 24.0 Å². The minimum atomic E-state index is -4.75. The maximum Gasteiger partial charge on any atom is 0.418 e. The van der Waals surface area contributed by atoms with E-state index in [0.717, 1.165) is 30.4 Å². The molecule has 0 saturated carbocycles. The first-order valence-electron chi connectivity index (χ1n) is 13.9. The summed E-state index contributed by atoms with van der Waals surface area (Å²) < 4.78 is 76.2. The molecule has 4 heterocycles. The molecule has 15 heteroatoms. The Kier molecular flexibility index (Phi) is 8.85. The first kappa shape index (κ1) is 31.6. The lowest BCUT2D eigenvalue weighted by atomic mass is 9.99. The number of aryl methyl sites for hydroxylation is 1. The number of likely N-dealkylation sites (N-methyl/N-ethyl adjacent to an activating group) is 1. The van der Waals surface area contributed by atoms with Gasteiger partial charge in [-0.3, -0.25) is 4.79 Å². The summed E-state index contributed by atoms with van der Waals surface area (Å²) in [5, 5.41) is 0.279. The molecule has 9 nitrogen and oxygen atoms in total. The number of carbonyl (C=O) groups is 1. The van der Waals surface area contributed by atoms with Crippen molar-refractivity contribution in [3.8, 4) is 17.3 Å². The molecule has 2 atom stereocenters. The Morgan fingerprint density at radius 3 is 2.55 bits per heavy atom. The van der Waals surface area contributed by atoms with Crippen LogP contribution in [-0.2, 0) is 11.0 Å². The van der Waals surface area contributed by atoms with Gasteiger partial charge in [0.05, 0.1) is 27.8 Å². The molecule has 0 aliphatic carbocycles. The largest absolute Gasteiger partial charge is 0.462 e. The molecule has 5 rings (SSSR count). The van der Waals surface area contributed by atoms with Crippen molar-refractivity contribution in [3.63, 3.8) is 0 Å². The van der Waals surface area contributed by atoms with Crippen LogP contribution in [0.2, 0.25) is 5.02 Å². The molecule has 2 saturated heterocycles. The van der Waals surface area contributed by atoms with Crippen LogP contribution in [0.3, 0.4) is 0 Å². The number of hydrogen-bond donors (Lipinski definition) is 1. The fourth-order valence-corrected chi connectivity index (χ4v) is 6.07. The van der Waals surface area contributed by atoms with Crippen molar-refractivity contribution in [3.05, 3.63) is 46.8 Å². The van der Waals surface area contributed by atoms with Crippen molar-refractivity contribution < 1.29 is 31.5 Å². The number of amides is 1. The molecule has 1 aromatic carbocycles. The van der Waals surface area contributed by atoms with E-state index in [9.17, 15) is 26.7 Å². The van der Waals surface area contributed by atoms with E-state index in [0.29, 0.717) is 5.39 Å². The number of halogens is 6. The summed E-state index contributed by atoms with van der Waals surface area (Å²) in [6.07, 6.45) is -2.84. The number of nitrogen functional groups attached to an aromatic ring is 1. The number of fused-ring (bicyclic) bond motifs is 1. The van der Waals surface area contributed by atoms with Gasteiger partial charge in [0, 0.05) is 36.6 Å². The predicted molar refractivity (Wildman–Crippen MR) is 157 cm³/mol. The maximum atomic E-state index is 14.2. The molecule has 236 valence electrons. The molecule has 44 heavy (non-hydrogen) atoms. The molecule has 2 N–H and O–H groups in total. The zero-order valence-electron chi connectivity index (χ0n) is 24.1. The summed E-state index contributed by atoms with van der Waals surface area (Å²) in [6.45, 7) is 4.59. The average Bonchev–Trinajstić information content (AvgIpc) is 3.37. The summed E-state index contributed by atoms with van der Waals surface area (Å²) in [7, 11) is 1.98. The third-order valence-corrected chi connectivity index (χ3v) is 8.36. The van der Waals surface area contributed by atoms with E-state index in [1.807, 2.05) is 7.05 Å². The second-order valence-electron chi connectivity index (χ2n) is 11.0. The highest BCUT2D eigenvalue weighted by Crippen LogP contribution is 2.43. The van der Waals surface area contributed by atoms with Gasteiger partial charge in [-0.15, -0.1) is 0 Å². The van der Waals surface area contributed by atoms with Crippen molar-refractivity contribution >= 4 is 40.0 Å². The Morgan fingerprint density at radius 1 is 1.16 bits per heavy atom. The van der Waals surface area contributed by atoms with Crippen molar-refractivity contribution in [2.75, 3.05) is 57.1 Å². The van der Waals surface area contributed by atoms with E-state index in [-0.39, 0.29) is 71.6 Å². The molecular weight excluding hydrogens is 609 g/mol. The average molecular weight is 640 g/mol. The van der Waals surface area contributed by atoms with Gasteiger partial charge < -0.3 is 25.2 Å². The normalized spacial score (nSPS) is 19.5. The summed E-state index contributed by atoms with van der Waals surface area (Å²) in [4.78, 5) is 30.3. The monoisotopic (exact) mass is 639 g/mol. The first-order valence-corrected chi connectivity index (χ1v) is 14.3. The van der Waals surface area contributed by atoms with Crippen LogP contribution in [0.25, 0.3) is 22.2 Å². The van der Waals surface area contributed by atoms with Crippen molar-refractivity contribution in [1.29, 1.82) is 0 Å². The van der Waals surface area contributed by atoms with Gasteiger partial charge in [0.1, 0.15) is 24.9 Å². The lowest BCUT2D eigenvalue weighted by Crippen LogP contribution is -2.56. The number of rotatable bonds is 7. The molecule has 2 unspecified atom stereocenters. The number of pyridine rings is 1. The highest BCUT2D eigenvalue weighted by atomic mass is 35.5. The Balaban J connectivity index is 1.62. The molecule has 0 spiro atoms. The number of aromatic nitrogens is 3. The Bertz CT molecular complexity index is 1600. The van der Waals surface area contributed by atoms with Crippen LogP contribution < -0.4 is 15.4 Å². The zero-order valence-corrected chi connectivity index (χ0v) is 24.9. The van der Waals surface area contributed by atoms with Crippen molar-refractivity contribution in [2.24, 2.45) is 0 Å². The van der Waals surface area contributed by atoms with E-state index < -0.39 is 41.9 Å². The quantitative estimate of drug-likeness (QED) is 0.278. The second kappa shape index (κ2) is 12.3. The molecular formula is C29H31ClF5N7O2.